The number of carbonyl (C=O) groups excluding carboxylic acids is 3. The Kier molecular flexibility index (Phi) is 5.61. The third-order valence-corrected chi connectivity index (χ3v) is 6.90. The monoisotopic (exact) mass is 397 g/mol. The number of likely N-dealkylation sites (tertiary alicyclic amines) is 1. The number of carbonyl (C=O) groups is 3. The van der Waals surface area contributed by atoms with Crippen molar-refractivity contribution >= 4 is 23.4 Å². The van der Waals surface area contributed by atoms with Crippen LogP contribution in [-0.2, 0) is 9.59 Å². The molecule has 1 aliphatic heterocycles. The lowest BCUT2D eigenvalue weighted by Crippen LogP contribution is -2.45. The molecule has 1 aromatic rings. The number of hydrogen-bond donors (Lipinski definition) is 2. The molecule has 156 valence electrons. The second-order valence-corrected chi connectivity index (χ2v) is 9.10. The van der Waals surface area contributed by atoms with Gasteiger partial charge in [0.25, 0.3) is 5.91 Å². The molecule has 3 amide bonds. The van der Waals surface area contributed by atoms with Crippen molar-refractivity contribution in [2.45, 2.75) is 64.5 Å². The van der Waals surface area contributed by atoms with Gasteiger partial charge in [-0.1, -0.05) is 32.8 Å². The van der Waals surface area contributed by atoms with Crippen LogP contribution in [0.5, 0.6) is 0 Å². The van der Waals surface area contributed by atoms with Gasteiger partial charge in [-0.05, 0) is 49.3 Å². The fourth-order valence-electron chi connectivity index (χ4n) is 4.70. The van der Waals surface area contributed by atoms with E-state index in [4.69, 9.17) is 0 Å². The predicted octanol–water partition coefficient (Wildman–Crippen LogP) is 3.19. The van der Waals surface area contributed by atoms with Gasteiger partial charge < -0.3 is 15.5 Å². The number of benzene rings is 1. The number of anilines is 1. The Hall–Kier alpha value is -2.37. The number of rotatable bonds is 5. The minimum absolute atomic E-state index is 0.0914. The molecular weight excluding hydrogens is 366 g/mol. The topological polar surface area (TPSA) is 78.5 Å². The zero-order valence-electron chi connectivity index (χ0n) is 17.3. The zero-order valence-corrected chi connectivity index (χ0v) is 17.3. The molecule has 2 saturated carbocycles. The van der Waals surface area contributed by atoms with Gasteiger partial charge >= 0.3 is 0 Å². The molecule has 4 unspecified atom stereocenters. The summed E-state index contributed by atoms with van der Waals surface area (Å²) in [7, 11) is 0. The van der Waals surface area contributed by atoms with Crippen molar-refractivity contribution in [1.29, 1.82) is 0 Å². The highest BCUT2D eigenvalue weighted by Crippen LogP contribution is 2.36. The van der Waals surface area contributed by atoms with Gasteiger partial charge in [0.1, 0.15) is 0 Å². The molecule has 4 atom stereocenters. The fraction of sp³-hybridized carbons (Fsp3) is 0.609. The van der Waals surface area contributed by atoms with Crippen LogP contribution in [0.1, 0.15) is 62.7 Å². The summed E-state index contributed by atoms with van der Waals surface area (Å²) in [6, 6.07) is 7.55. The van der Waals surface area contributed by atoms with Gasteiger partial charge in [0.2, 0.25) is 11.8 Å². The Bertz CT molecular complexity index is 804. The smallest absolute Gasteiger partial charge is 0.251 e. The molecule has 0 bridgehead atoms. The Morgan fingerprint density at radius 2 is 1.90 bits per heavy atom. The van der Waals surface area contributed by atoms with E-state index in [1.807, 2.05) is 4.90 Å². The highest BCUT2D eigenvalue weighted by Gasteiger charge is 2.41. The fourth-order valence-corrected chi connectivity index (χ4v) is 4.70. The summed E-state index contributed by atoms with van der Waals surface area (Å²) in [5.74, 6) is 0.586. The Labute approximate surface area is 172 Å². The first-order valence-corrected chi connectivity index (χ1v) is 10.9. The molecule has 0 aromatic heterocycles. The number of nitrogens with one attached hydrogen (secondary N) is 2. The van der Waals surface area contributed by atoms with Gasteiger partial charge in [-0.2, -0.15) is 0 Å². The first-order chi connectivity index (χ1) is 13.9. The minimum Gasteiger partial charge on any atom is -0.349 e. The third kappa shape index (κ3) is 4.46. The Balaban J connectivity index is 1.38. The summed E-state index contributed by atoms with van der Waals surface area (Å²) < 4.78 is 0. The summed E-state index contributed by atoms with van der Waals surface area (Å²) >= 11 is 0. The quantitative estimate of drug-likeness (QED) is 0.801. The van der Waals surface area contributed by atoms with Crippen LogP contribution in [0.25, 0.3) is 0 Å². The van der Waals surface area contributed by atoms with Gasteiger partial charge in [0.05, 0.1) is 5.92 Å². The molecule has 6 nitrogen and oxygen atoms in total. The van der Waals surface area contributed by atoms with Crippen LogP contribution in [-0.4, -0.2) is 41.2 Å². The van der Waals surface area contributed by atoms with E-state index in [1.165, 1.54) is 6.42 Å². The number of amides is 3. The molecule has 29 heavy (non-hydrogen) atoms. The highest BCUT2D eigenvalue weighted by molar-refractivity contribution is 5.99. The lowest BCUT2D eigenvalue weighted by Gasteiger charge is -2.40. The molecule has 2 aliphatic carbocycles. The predicted molar refractivity (Wildman–Crippen MR) is 111 cm³/mol. The van der Waals surface area contributed by atoms with E-state index >= 15 is 0 Å². The first kappa shape index (κ1) is 19.9. The van der Waals surface area contributed by atoms with Crippen molar-refractivity contribution in [3.05, 3.63) is 29.8 Å². The van der Waals surface area contributed by atoms with Gasteiger partial charge in [-0.25, -0.2) is 0 Å². The van der Waals surface area contributed by atoms with E-state index in [9.17, 15) is 14.4 Å². The summed E-state index contributed by atoms with van der Waals surface area (Å²) in [4.78, 5) is 39.6. The lowest BCUT2D eigenvalue weighted by atomic mass is 9.77. The molecule has 0 radical (unpaired) electrons. The molecular formula is C23H31N3O3. The SMILES string of the molecule is CC1CCCC(N2CC(C(=O)Nc3cccc(C(=O)NC4CC4)c3)CC2=O)C1C. The first-order valence-electron chi connectivity index (χ1n) is 10.9. The average Bonchev–Trinajstić information content (AvgIpc) is 3.43. The van der Waals surface area contributed by atoms with Crippen LogP contribution in [0, 0.1) is 17.8 Å². The molecule has 4 rings (SSSR count). The largest absolute Gasteiger partial charge is 0.349 e. The maximum atomic E-state index is 12.8. The zero-order chi connectivity index (χ0) is 20.5. The van der Waals surface area contributed by atoms with E-state index < -0.39 is 0 Å². The molecule has 1 heterocycles. The van der Waals surface area contributed by atoms with Crippen LogP contribution >= 0.6 is 0 Å². The molecule has 1 saturated heterocycles. The van der Waals surface area contributed by atoms with Crippen LogP contribution in [0.4, 0.5) is 5.69 Å². The van der Waals surface area contributed by atoms with E-state index in [0.717, 1.165) is 25.7 Å². The van der Waals surface area contributed by atoms with Crippen molar-refractivity contribution in [2.75, 3.05) is 11.9 Å². The van der Waals surface area contributed by atoms with E-state index in [1.54, 1.807) is 24.3 Å². The van der Waals surface area contributed by atoms with Crippen LogP contribution in [0.15, 0.2) is 24.3 Å². The third-order valence-electron chi connectivity index (χ3n) is 6.90. The van der Waals surface area contributed by atoms with Crippen molar-refractivity contribution in [3.8, 4) is 0 Å². The summed E-state index contributed by atoms with van der Waals surface area (Å²) in [5.41, 5.74) is 1.15. The summed E-state index contributed by atoms with van der Waals surface area (Å²) in [5, 5.41) is 5.87. The second-order valence-electron chi connectivity index (χ2n) is 9.10. The molecule has 6 heteroatoms. The summed E-state index contributed by atoms with van der Waals surface area (Å²) in [6.07, 6.45) is 5.73. The van der Waals surface area contributed by atoms with Crippen molar-refractivity contribution in [2.24, 2.45) is 17.8 Å². The van der Waals surface area contributed by atoms with E-state index in [0.29, 0.717) is 35.7 Å². The normalized spacial score (nSPS) is 29.6. The molecule has 0 spiro atoms. The lowest BCUT2D eigenvalue weighted by molar-refractivity contribution is -0.131. The highest BCUT2D eigenvalue weighted by atomic mass is 16.2. The second kappa shape index (κ2) is 8.17. The number of hydrogen-bond acceptors (Lipinski definition) is 3. The van der Waals surface area contributed by atoms with Crippen molar-refractivity contribution in [1.82, 2.24) is 10.2 Å². The molecule has 3 aliphatic rings. The van der Waals surface area contributed by atoms with Crippen molar-refractivity contribution < 1.29 is 14.4 Å². The van der Waals surface area contributed by atoms with Gasteiger partial charge in [0.15, 0.2) is 0 Å². The number of nitrogens with zero attached hydrogens (tertiary/aromatic N) is 1. The van der Waals surface area contributed by atoms with E-state index in [2.05, 4.69) is 24.5 Å². The standard InChI is InChI=1S/C23H31N3O3/c1-14-5-3-8-20(15(14)2)26-13-17(12-21(26)27)23(29)25-19-7-4-6-16(11-19)22(28)24-18-9-10-18/h4,6-7,11,14-15,17-18,20H,3,5,8-10,12-13H2,1-2H3,(H,24,28)(H,25,29). The van der Waals surface area contributed by atoms with Gasteiger partial charge in [-0.15, -0.1) is 0 Å². The maximum absolute atomic E-state index is 12.8. The minimum atomic E-state index is -0.337. The Morgan fingerprint density at radius 3 is 2.66 bits per heavy atom. The van der Waals surface area contributed by atoms with Gasteiger partial charge in [0, 0.05) is 36.3 Å². The van der Waals surface area contributed by atoms with Crippen LogP contribution < -0.4 is 10.6 Å². The maximum Gasteiger partial charge on any atom is 0.251 e. The molecule has 2 N–H and O–H groups in total. The van der Waals surface area contributed by atoms with Gasteiger partial charge in [-0.3, -0.25) is 14.4 Å². The van der Waals surface area contributed by atoms with Crippen LogP contribution in [0.2, 0.25) is 0 Å². The molecule has 3 fully saturated rings. The average molecular weight is 398 g/mol. The molecule has 1 aromatic carbocycles. The Morgan fingerprint density at radius 1 is 1.10 bits per heavy atom. The van der Waals surface area contributed by atoms with Crippen molar-refractivity contribution in [3.63, 3.8) is 0 Å². The van der Waals surface area contributed by atoms with E-state index in [-0.39, 0.29) is 36.1 Å². The van der Waals surface area contributed by atoms with Crippen LogP contribution in [0.3, 0.4) is 0 Å². The summed E-state index contributed by atoms with van der Waals surface area (Å²) in [6.45, 7) is 4.98.